The molecule has 0 radical (unpaired) electrons. The Morgan fingerprint density at radius 1 is 1.26 bits per heavy atom. The number of nitrogens with zero attached hydrogens (tertiary/aromatic N) is 2. The Bertz CT molecular complexity index is 733. The second kappa shape index (κ2) is 4.48. The maximum atomic E-state index is 13.3. The van der Waals surface area contributed by atoms with Crippen LogP contribution in [0, 0.1) is 12.7 Å². The molecular formula is C15H14FN3. The number of pyridine rings is 1. The number of halogens is 1. The highest BCUT2D eigenvalue weighted by molar-refractivity contribution is 5.57. The van der Waals surface area contributed by atoms with Crippen molar-refractivity contribution in [2.75, 3.05) is 0 Å². The van der Waals surface area contributed by atoms with E-state index in [1.165, 1.54) is 6.07 Å². The van der Waals surface area contributed by atoms with Gasteiger partial charge in [0, 0.05) is 11.8 Å². The van der Waals surface area contributed by atoms with Crippen LogP contribution in [0.5, 0.6) is 0 Å². The van der Waals surface area contributed by atoms with Crippen LogP contribution in [0.4, 0.5) is 4.39 Å². The lowest BCUT2D eigenvalue weighted by atomic mass is 9.99. The van der Waals surface area contributed by atoms with Crippen molar-refractivity contribution in [3.05, 3.63) is 71.3 Å². The van der Waals surface area contributed by atoms with Crippen LogP contribution < -0.4 is 5.73 Å². The van der Waals surface area contributed by atoms with E-state index >= 15 is 0 Å². The summed E-state index contributed by atoms with van der Waals surface area (Å²) in [6.45, 7) is 1.74. The molecule has 3 rings (SSSR count). The highest BCUT2D eigenvalue weighted by Gasteiger charge is 2.14. The minimum Gasteiger partial charge on any atom is -0.320 e. The van der Waals surface area contributed by atoms with Gasteiger partial charge in [0.2, 0.25) is 0 Å². The van der Waals surface area contributed by atoms with Crippen LogP contribution in [0.3, 0.4) is 0 Å². The van der Waals surface area contributed by atoms with Crippen molar-refractivity contribution in [1.29, 1.82) is 0 Å². The molecule has 2 N–H and O–H groups in total. The number of aryl methyl sites for hydroxylation is 1. The molecule has 19 heavy (non-hydrogen) atoms. The molecule has 1 atom stereocenters. The molecule has 3 nitrogen and oxygen atoms in total. The summed E-state index contributed by atoms with van der Waals surface area (Å²) >= 11 is 0. The molecule has 2 heterocycles. The highest BCUT2D eigenvalue weighted by Crippen LogP contribution is 2.24. The van der Waals surface area contributed by atoms with Crippen molar-refractivity contribution in [1.82, 2.24) is 9.61 Å². The van der Waals surface area contributed by atoms with Crippen LogP contribution in [0.1, 0.15) is 22.7 Å². The van der Waals surface area contributed by atoms with Crippen LogP contribution in [0.25, 0.3) is 5.52 Å². The fourth-order valence-electron chi connectivity index (χ4n) is 2.23. The predicted octanol–water partition coefficient (Wildman–Crippen LogP) is 2.83. The van der Waals surface area contributed by atoms with Gasteiger partial charge in [0.25, 0.3) is 0 Å². The van der Waals surface area contributed by atoms with E-state index in [0.717, 1.165) is 16.6 Å². The van der Waals surface area contributed by atoms with Crippen LogP contribution >= 0.6 is 0 Å². The van der Waals surface area contributed by atoms with Gasteiger partial charge in [0.05, 0.1) is 17.8 Å². The van der Waals surface area contributed by atoms with Gasteiger partial charge >= 0.3 is 0 Å². The molecule has 0 fully saturated rings. The van der Waals surface area contributed by atoms with Crippen molar-refractivity contribution in [2.24, 2.45) is 5.73 Å². The molecule has 0 aliphatic rings. The third-order valence-corrected chi connectivity index (χ3v) is 3.33. The van der Waals surface area contributed by atoms with Gasteiger partial charge in [-0.05, 0) is 36.2 Å². The van der Waals surface area contributed by atoms with Crippen molar-refractivity contribution in [2.45, 2.75) is 13.0 Å². The number of aromatic nitrogens is 2. The van der Waals surface area contributed by atoms with E-state index in [1.807, 2.05) is 24.4 Å². The summed E-state index contributed by atoms with van der Waals surface area (Å²) in [7, 11) is 0. The quantitative estimate of drug-likeness (QED) is 0.765. The van der Waals surface area contributed by atoms with Crippen molar-refractivity contribution in [3.8, 4) is 0 Å². The topological polar surface area (TPSA) is 43.3 Å². The molecule has 0 amide bonds. The van der Waals surface area contributed by atoms with E-state index in [2.05, 4.69) is 5.10 Å². The molecule has 96 valence electrons. The number of hydrogen-bond acceptors (Lipinski definition) is 2. The third-order valence-electron chi connectivity index (χ3n) is 3.33. The van der Waals surface area contributed by atoms with E-state index in [-0.39, 0.29) is 11.9 Å². The average Bonchev–Trinajstić information content (AvgIpc) is 2.85. The Kier molecular flexibility index (Phi) is 2.80. The normalized spacial score (nSPS) is 12.8. The van der Waals surface area contributed by atoms with Gasteiger partial charge in [-0.3, -0.25) is 0 Å². The van der Waals surface area contributed by atoms with Gasteiger partial charge in [-0.15, -0.1) is 0 Å². The van der Waals surface area contributed by atoms with Crippen molar-refractivity contribution >= 4 is 5.52 Å². The molecule has 0 saturated heterocycles. The van der Waals surface area contributed by atoms with Gasteiger partial charge in [-0.25, -0.2) is 8.91 Å². The molecule has 0 aliphatic heterocycles. The largest absolute Gasteiger partial charge is 0.320 e. The van der Waals surface area contributed by atoms with Crippen LogP contribution in [0.2, 0.25) is 0 Å². The summed E-state index contributed by atoms with van der Waals surface area (Å²) < 4.78 is 15.1. The zero-order valence-corrected chi connectivity index (χ0v) is 10.5. The third kappa shape index (κ3) is 2.00. The Morgan fingerprint density at radius 2 is 2.11 bits per heavy atom. The van der Waals surface area contributed by atoms with Gasteiger partial charge < -0.3 is 5.73 Å². The second-order valence-corrected chi connectivity index (χ2v) is 4.62. The molecular weight excluding hydrogens is 241 g/mol. The highest BCUT2D eigenvalue weighted by atomic mass is 19.1. The van der Waals surface area contributed by atoms with Crippen molar-refractivity contribution < 1.29 is 4.39 Å². The molecule has 0 spiro atoms. The fourth-order valence-corrected chi connectivity index (χ4v) is 2.23. The Hall–Kier alpha value is -2.20. The van der Waals surface area contributed by atoms with Gasteiger partial charge in [0.1, 0.15) is 5.82 Å². The molecule has 0 saturated carbocycles. The van der Waals surface area contributed by atoms with E-state index < -0.39 is 0 Å². The zero-order chi connectivity index (χ0) is 13.4. The van der Waals surface area contributed by atoms with Gasteiger partial charge in [-0.1, -0.05) is 18.2 Å². The summed E-state index contributed by atoms with van der Waals surface area (Å²) in [5.41, 5.74) is 9.66. The molecule has 0 aliphatic carbocycles. The van der Waals surface area contributed by atoms with Crippen molar-refractivity contribution in [3.63, 3.8) is 0 Å². The number of fused-ring (bicyclic) bond motifs is 1. The predicted molar refractivity (Wildman–Crippen MR) is 72.4 cm³/mol. The lowest BCUT2D eigenvalue weighted by Crippen LogP contribution is -2.12. The standard InChI is InChI=1S/C15H14FN3/c1-10-8-11(5-6-13(10)16)15(17)12-9-18-19-7-3-2-4-14(12)19/h2-9,15H,17H2,1H3. The first-order chi connectivity index (χ1) is 9.16. The zero-order valence-electron chi connectivity index (χ0n) is 10.5. The molecule has 0 bridgehead atoms. The van der Waals surface area contributed by atoms with Crippen LogP contribution in [-0.2, 0) is 0 Å². The molecule has 1 unspecified atom stereocenters. The van der Waals surface area contributed by atoms with E-state index in [9.17, 15) is 4.39 Å². The Balaban J connectivity index is 2.08. The first-order valence-electron chi connectivity index (χ1n) is 6.11. The first kappa shape index (κ1) is 11.9. The smallest absolute Gasteiger partial charge is 0.126 e. The summed E-state index contributed by atoms with van der Waals surface area (Å²) in [4.78, 5) is 0. The number of hydrogen-bond donors (Lipinski definition) is 1. The van der Waals surface area contributed by atoms with E-state index in [1.54, 1.807) is 29.8 Å². The lowest BCUT2D eigenvalue weighted by Gasteiger charge is -2.12. The number of rotatable bonds is 2. The monoisotopic (exact) mass is 255 g/mol. The number of benzene rings is 1. The fraction of sp³-hybridized carbons (Fsp3) is 0.133. The minimum atomic E-state index is -0.306. The average molecular weight is 255 g/mol. The molecule has 4 heteroatoms. The Morgan fingerprint density at radius 3 is 2.89 bits per heavy atom. The number of nitrogens with two attached hydrogens (primary N) is 1. The summed E-state index contributed by atoms with van der Waals surface area (Å²) in [5, 5.41) is 4.27. The maximum Gasteiger partial charge on any atom is 0.126 e. The van der Waals surface area contributed by atoms with Crippen LogP contribution in [0.15, 0.2) is 48.8 Å². The van der Waals surface area contributed by atoms with Gasteiger partial charge in [-0.2, -0.15) is 5.10 Å². The SMILES string of the molecule is Cc1cc(C(N)c2cnn3ccccc23)ccc1F. The van der Waals surface area contributed by atoms with Gasteiger partial charge in [0.15, 0.2) is 0 Å². The summed E-state index contributed by atoms with van der Waals surface area (Å²) in [6, 6.07) is 10.5. The molecule has 3 aromatic rings. The van der Waals surface area contributed by atoms with E-state index in [4.69, 9.17) is 5.73 Å². The maximum absolute atomic E-state index is 13.3. The van der Waals surface area contributed by atoms with Crippen LogP contribution in [-0.4, -0.2) is 9.61 Å². The van der Waals surface area contributed by atoms with E-state index in [0.29, 0.717) is 5.56 Å². The molecule has 1 aromatic carbocycles. The lowest BCUT2D eigenvalue weighted by molar-refractivity contribution is 0.617. The Labute approximate surface area is 110 Å². The first-order valence-corrected chi connectivity index (χ1v) is 6.11. The summed E-state index contributed by atoms with van der Waals surface area (Å²) in [6.07, 6.45) is 3.64. The second-order valence-electron chi connectivity index (χ2n) is 4.62. The molecule has 2 aromatic heterocycles. The summed E-state index contributed by atoms with van der Waals surface area (Å²) in [5.74, 6) is -0.212. The minimum absolute atomic E-state index is 0.212.